The maximum atomic E-state index is 12.7. The fourth-order valence-corrected chi connectivity index (χ4v) is 3.66. The number of hydrogen-bond acceptors (Lipinski definition) is 5. The van der Waals surface area contributed by atoms with Crippen molar-refractivity contribution >= 4 is 12.0 Å². The molecule has 1 amide bonds. The molecule has 6 nitrogen and oxygen atoms in total. The average molecular weight is 454 g/mol. The van der Waals surface area contributed by atoms with Crippen molar-refractivity contribution in [2.75, 3.05) is 0 Å². The minimum absolute atomic E-state index is 0.00952. The van der Waals surface area contributed by atoms with Gasteiger partial charge in [0.1, 0.15) is 11.4 Å². The van der Waals surface area contributed by atoms with E-state index in [0.29, 0.717) is 5.75 Å². The molecule has 9 heteroatoms. The number of ether oxygens (including phenoxy) is 1. The Labute approximate surface area is 188 Å². The van der Waals surface area contributed by atoms with Gasteiger partial charge in [-0.3, -0.25) is 9.78 Å². The highest BCUT2D eigenvalue weighted by Crippen LogP contribution is 2.31. The third-order valence-electron chi connectivity index (χ3n) is 5.21. The molecule has 1 unspecified atom stereocenters. The van der Waals surface area contributed by atoms with Crippen LogP contribution in [0.3, 0.4) is 0 Å². The van der Waals surface area contributed by atoms with E-state index in [2.05, 4.69) is 20.3 Å². The lowest BCUT2D eigenvalue weighted by Gasteiger charge is -2.25. The minimum atomic E-state index is -4.44. The Hall–Kier alpha value is -3.75. The van der Waals surface area contributed by atoms with Crippen LogP contribution in [-0.2, 0) is 6.18 Å². The quantitative estimate of drug-likeness (QED) is 0.556. The molecule has 2 aromatic heterocycles. The molecule has 0 saturated heterocycles. The molecule has 0 spiro atoms. The lowest BCUT2D eigenvalue weighted by Crippen LogP contribution is -2.37. The minimum Gasteiger partial charge on any atom is -0.439 e. The van der Waals surface area contributed by atoms with Gasteiger partial charge in [-0.15, -0.1) is 0 Å². The fourth-order valence-electron chi connectivity index (χ4n) is 3.66. The summed E-state index contributed by atoms with van der Waals surface area (Å²) in [7, 11) is 0. The third-order valence-corrected chi connectivity index (χ3v) is 5.21. The maximum absolute atomic E-state index is 12.7. The average Bonchev–Trinajstić information content (AvgIpc) is 2.80. The van der Waals surface area contributed by atoms with E-state index in [0.717, 1.165) is 43.5 Å². The van der Waals surface area contributed by atoms with Crippen LogP contribution in [0.2, 0.25) is 0 Å². The predicted octanol–water partition coefficient (Wildman–Crippen LogP) is 5.44. The van der Waals surface area contributed by atoms with Crippen molar-refractivity contribution in [2.45, 2.75) is 37.9 Å². The Morgan fingerprint density at radius 2 is 2.00 bits per heavy atom. The van der Waals surface area contributed by atoms with Crippen LogP contribution in [-0.4, -0.2) is 26.9 Å². The molecular formula is C24H21F3N4O2. The fraction of sp³-hybridized carbons (Fsp3) is 0.250. The summed E-state index contributed by atoms with van der Waals surface area (Å²) in [6, 6.07) is 9.38. The van der Waals surface area contributed by atoms with Crippen molar-refractivity contribution < 1.29 is 22.7 Å². The van der Waals surface area contributed by atoms with Gasteiger partial charge in [-0.05, 0) is 49.4 Å². The van der Waals surface area contributed by atoms with E-state index >= 15 is 0 Å². The van der Waals surface area contributed by atoms with Crippen LogP contribution in [0, 0.1) is 0 Å². The molecule has 0 bridgehead atoms. The zero-order valence-electron chi connectivity index (χ0n) is 17.5. The lowest BCUT2D eigenvalue weighted by molar-refractivity contribution is -0.137. The van der Waals surface area contributed by atoms with Crippen LogP contribution in [0.25, 0.3) is 6.08 Å². The molecule has 0 radical (unpaired) electrons. The van der Waals surface area contributed by atoms with Crippen molar-refractivity contribution in [1.82, 2.24) is 20.3 Å². The molecule has 3 aromatic rings. The number of halogens is 3. The van der Waals surface area contributed by atoms with Gasteiger partial charge in [-0.2, -0.15) is 13.2 Å². The molecule has 4 rings (SSSR count). The summed E-state index contributed by atoms with van der Waals surface area (Å²) in [5, 5.41) is 3.01. The van der Waals surface area contributed by atoms with E-state index < -0.39 is 11.7 Å². The highest BCUT2D eigenvalue weighted by Gasteiger charge is 2.30. The number of nitrogens with zero attached hydrogens (tertiary/aromatic N) is 3. The molecule has 1 aliphatic rings. The molecule has 1 aliphatic carbocycles. The first-order chi connectivity index (χ1) is 15.9. The normalized spacial score (nSPS) is 17.5. The molecule has 1 atom stereocenters. The number of carbonyl (C=O) groups excluding carboxylic acids is 1. The largest absolute Gasteiger partial charge is 0.439 e. The number of alkyl halides is 3. The Kier molecular flexibility index (Phi) is 6.67. The molecule has 2 heterocycles. The first-order valence-electron chi connectivity index (χ1n) is 10.4. The van der Waals surface area contributed by atoms with Crippen molar-refractivity contribution in [3.8, 4) is 11.6 Å². The Morgan fingerprint density at radius 1 is 1.12 bits per heavy atom. The van der Waals surface area contributed by atoms with Gasteiger partial charge in [0, 0.05) is 30.7 Å². The number of pyridine rings is 1. The Balaban J connectivity index is 1.40. The van der Waals surface area contributed by atoms with E-state index in [-0.39, 0.29) is 23.5 Å². The number of amides is 1. The number of hydrogen-bond donors (Lipinski definition) is 1. The smallest absolute Gasteiger partial charge is 0.417 e. The maximum Gasteiger partial charge on any atom is 0.417 e. The van der Waals surface area contributed by atoms with Crippen LogP contribution in [0.5, 0.6) is 11.6 Å². The lowest BCUT2D eigenvalue weighted by atomic mass is 9.89. The summed E-state index contributed by atoms with van der Waals surface area (Å²) in [4.78, 5) is 24.0. The standard InChI is InChI=1S/C24H21F3N4O2/c25-24(26,27)18-7-8-22(30-14-18)33-20-6-2-4-17(13-20)11-16-3-1-5-19(12-16)31-23(32)21-15-28-9-10-29-21/h2,4,6-11,13-15,19H,1,3,5,12H2,(H,31,32)/b16-11+. The van der Waals surface area contributed by atoms with Gasteiger partial charge in [-0.1, -0.05) is 23.8 Å². The highest BCUT2D eigenvalue weighted by atomic mass is 19.4. The van der Waals surface area contributed by atoms with E-state index in [1.807, 2.05) is 18.2 Å². The van der Waals surface area contributed by atoms with Crippen molar-refractivity contribution in [3.05, 3.63) is 83.6 Å². The molecule has 1 fully saturated rings. The summed E-state index contributed by atoms with van der Waals surface area (Å²) in [6.07, 6.45) is 6.26. The second-order valence-electron chi connectivity index (χ2n) is 7.72. The monoisotopic (exact) mass is 454 g/mol. The van der Waals surface area contributed by atoms with Crippen LogP contribution in [0.4, 0.5) is 13.2 Å². The Morgan fingerprint density at radius 3 is 2.73 bits per heavy atom. The molecule has 1 N–H and O–H groups in total. The molecule has 170 valence electrons. The van der Waals surface area contributed by atoms with Gasteiger partial charge in [0.05, 0.1) is 11.8 Å². The second-order valence-corrected chi connectivity index (χ2v) is 7.72. The summed E-state index contributed by atoms with van der Waals surface area (Å²) in [6.45, 7) is 0. The molecule has 1 aromatic carbocycles. The number of rotatable bonds is 5. The van der Waals surface area contributed by atoms with E-state index in [1.54, 1.807) is 12.1 Å². The Bertz CT molecular complexity index is 1130. The third kappa shape index (κ3) is 6.15. The predicted molar refractivity (Wildman–Crippen MR) is 115 cm³/mol. The molecular weight excluding hydrogens is 433 g/mol. The zero-order valence-corrected chi connectivity index (χ0v) is 17.5. The first-order valence-corrected chi connectivity index (χ1v) is 10.4. The van der Waals surface area contributed by atoms with Gasteiger partial charge < -0.3 is 10.1 Å². The van der Waals surface area contributed by atoms with E-state index in [4.69, 9.17) is 4.74 Å². The second kappa shape index (κ2) is 9.81. The van der Waals surface area contributed by atoms with Crippen molar-refractivity contribution in [2.24, 2.45) is 0 Å². The van der Waals surface area contributed by atoms with Crippen LogP contribution in [0.1, 0.15) is 47.3 Å². The summed E-state index contributed by atoms with van der Waals surface area (Å²) < 4.78 is 43.7. The summed E-state index contributed by atoms with van der Waals surface area (Å²) in [5.41, 5.74) is 1.55. The molecule has 33 heavy (non-hydrogen) atoms. The number of carbonyl (C=O) groups is 1. The van der Waals surface area contributed by atoms with Crippen LogP contribution >= 0.6 is 0 Å². The SMILES string of the molecule is O=C(NC1CCC/C(=C\c2cccc(Oc3ccc(C(F)(F)F)cn3)c2)C1)c1cnccn1. The van der Waals surface area contributed by atoms with Gasteiger partial charge in [-0.25, -0.2) is 9.97 Å². The topological polar surface area (TPSA) is 77.0 Å². The number of nitrogens with one attached hydrogen (secondary N) is 1. The van der Waals surface area contributed by atoms with Gasteiger partial charge in [0.25, 0.3) is 5.91 Å². The van der Waals surface area contributed by atoms with E-state index in [1.165, 1.54) is 30.2 Å². The summed E-state index contributed by atoms with van der Waals surface area (Å²) >= 11 is 0. The van der Waals surface area contributed by atoms with Gasteiger partial charge in [0.15, 0.2) is 0 Å². The highest BCUT2D eigenvalue weighted by molar-refractivity contribution is 5.92. The summed E-state index contributed by atoms with van der Waals surface area (Å²) in [5.74, 6) is 0.311. The van der Waals surface area contributed by atoms with Crippen molar-refractivity contribution in [1.29, 1.82) is 0 Å². The van der Waals surface area contributed by atoms with Crippen LogP contribution in [0.15, 0.2) is 66.8 Å². The van der Waals surface area contributed by atoms with Crippen molar-refractivity contribution in [3.63, 3.8) is 0 Å². The first kappa shape index (κ1) is 22.4. The van der Waals surface area contributed by atoms with E-state index in [9.17, 15) is 18.0 Å². The zero-order chi connectivity index (χ0) is 23.3. The van der Waals surface area contributed by atoms with Gasteiger partial charge >= 0.3 is 6.18 Å². The molecule has 1 saturated carbocycles. The van der Waals surface area contributed by atoms with Crippen LogP contribution < -0.4 is 10.1 Å². The number of benzene rings is 1. The number of aromatic nitrogens is 3. The molecule has 0 aliphatic heterocycles. The van der Waals surface area contributed by atoms with Gasteiger partial charge in [0.2, 0.25) is 5.88 Å².